The van der Waals surface area contributed by atoms with Crippen molar-refractivity contribution in [2.75, 3.05) is 5.75 Å². The van der Waals surface area contributed by atoms with Gasteiger partial charge in [0.1, 0.15) is 0 Å². The molecule has 212 valence electrons. The fraction of sp³-hybridized carbons (Fsp3) is 0.484. The van der Waals surface area contributed by atoms with Gasteiger partial charge in [0.2, 0.25) is 11.8 Å². The number of thioether (sulfide) groups is 1. The minimum absolute atomic E-state index is 0.00540. The van der Waals surface area contributed by atoms with Gasteiger partial charge in [-0.15, -0.1) is 0 Å². The van der Waals surface area contributed by atoms with E-state index < -0.39 is 0 Å². The molecule has 9 heteroatoms. The van der Waals surface area contributed by atoms with Crippen molar-refractivity contribution in [3.8, 4) is 0 Å². The lowest BCUT2D eigenvalue weighted by Crippen LogP contribution is -2.37. The van der Waals surface area contributed by atoms with Gasteiger partial charge in [-0.25, -0.2) is 4.98 Å². The lowest BCUT2D eigenvalue weighted by Gasteiger charge is -2.29. The van der Waals surface area contributed by atoms with Gasteiger partial charge < -0.3 is 10.6 Å². The van der Waals surface area contributed by atoms with Crippen LogP contribution in [-0.4, -0.2) is 33.2 Å². The Kier molecular flexibility index (Phi) is 9.81. The van der Waals surface area contributed by atoms with Crippen LogP contribution in [0.4, 0.5) is 0 Å². The second-order valence-electron chi connectivity index (χ2n) is 11.0. The standard InChI is InChI=1S/C31H37ClN4O3S/c32-26-12-6-4-8-23(26)18-33-29(38)22-16-14-21(15-17-22)19-36-30(39)25-11-5-7-13-27(25)35-31(36)40-20-28(37)34-24-9-2-1-3-10-24/h4-8,11-13,21-22,24H,1-3,9-10,14-20H2,(H,33,38)(H,34,37). The number of fused-ring (bicyclic) bond motifs is 1. The highest BCUT2D eigenvalue weighted by molar-refractivity contribution is 7.99. The molecule has 0 radical (unpaired) electrons. The maximum atomic E-state index is 13.5. The van der Waals surface area contributed by atoms with Gasteiger partial charge in [-0.05, 0) is 68.2 Å². The number of aromatic nitrogens is 2. The van der Waals surface area contributed by atoms with E-state index in [1.54, 1.807) is 4.57 Å². The van der Waals surface area contributed by atoms with Crippen LogP contribution in [0.5, 0.6) is 0 Å². The first-order chi connectivity index (χ1) is 19.5. The summed E-state index contributed by atoms with van der Waals surface area (Å²) in [6.45, 7) is 0.961. The molecule has 2 aliphatic rings. The van der Waals surface area contributed by atoms with Gasteiger partial charge >= 0.3 is 0 Å². The molecule has 2 fully saturated rings. The fourth-order valence-electron chi connectivity index (χ4n) is 5.90. The number of halogens is 1. The molecule has 2 amide bonds. The average Bonchev–Trinajstić information content (AvgIpc) is 2.98. The summed E-state index contributed by atoms with van der Waals surface area (Å²) in [7, 11) is 0. The number of benzene rings is 2. The van der Waals surface area contributed by atoms with Crippen molar-refractivity contribution < 1.29 is 9.59 Å². The third-order valence-corrected chi connectivity index (χ3v) is 9.54. The van der Waals surface area contributed by atoms with Crippen LogP contribution in [0, 0.1) is 11.8 Å². The number of carbonyl (C=O) groups is 2. The SMILES string of the molecule is O=C(CSc1nc2ccccc2c(=O)n1CC1CCC(C(=O)NCc2ccccc2Cl)CC1)NC1CCCCC1. The van der Waals surface area contributed by atoms with E-state index in [0.717, 1.165) is 56.9 Å². The second-order valence-corrected chi connectivity index (χ2v) is 12.4. The first-order valence-electron chi connectivity index (χ1n) is 14.4. The summed E-state index contributed by atoms with van der Waals surface area (Å²) >= 11 is 7.56. The summed E-state index contributed by atoms with van der Waals surface area (Å²) < 4.78 is 1.75. The number of nitrogens with one attached hydrogen (secondary N) is 2. The first kappa shape index (κ1) is 28.7. The summed E-state index contributed by atoms with van der Waals surface area (Å²) in [6.07, 6.45) is 8.91. The molecule has 0 bridgehead atoms. The maximum Gasteiger partial charge on any atom is 0.262 e. The van der Waals surface area contributed by atoms with Crippen molar-refractivity contribution in [2.45, 2.75) is 82.1 Å². The Hall–Kier alpha value is -2.84. The molecular weight excluding hydrogens is 544 g/mol. The third kappa shape index (κ3) is 7.26. The van der Waals surface area contributed by atoms with Gasteiger partial charge in [0.15, 0.2) is 5.16 Å². The molecular formula is C31H37ClN4O3S. The Bertz CT molecular complexity index is 1400. The Morgan fingerprint density at radius 1 is 0.950 bits per heavy atom. The lowest BCUT2D eigenvalue weighted by atomic mass is 9.81. The highest BCUT2D eigenvalue weighted by Gasteiger charge is 2.28. The van der Waals surface area contributed by atoms with Crippen LogP contribution in [-0.2, 0) is 22.7 Å². The molecule has 1 heterocycles. The van der Waals surface area contributed by atoms with E-state index in [2.05, 4.69) is 10.6 Å². The van der Waals surface area contributed by atoms with Gasteiger partial charge in [0.05, 0.1) is 16.7 Å². The van der Waals surface area contributed by atoms with Crippen molar-refractivity contribution >= 4 is 46.1 Å². The van der Waals surface area contributed by atoms with Crippen LogP contribution in [0.2, 0.25) is 5.02 Å². The number of rotatable bonds is 9. The summed E-state index contributed by atoms with van der Waals surface area (Å²) in [5.74, 6) is 0.517. The number of hydrogen-bond donors (Lipinski definition) is 2. The quantitative estimate of drug-likeness (QED) is 0.250. The largest absolute Gasteiger partial charge is 0.353 e. The van der Waals surface area contributed by atoms with Crippen LogP contribution in [0.25, 0.3) is 10.9 Å². The molecule has 2 aromatic carbocycles. The molecule has 3 aromatic rings. The van der Waals surface area contributed by atoms with Gasteiger partial charge in [0, 0.05) is 30.1 Å². The summed E-state index contributed by atoms with van der Waals surface area (Å²) in [4.78, 5) is 43.9. The van der Waals surface area contributed by atoms with Crippen molar-refractivity contribution in [3.63, 3.8) is 0 Å². The van der Waals surface area contributed by atoms with E-state index in [1.807, 2.05) is 48.5 Å². The van der Waals surface area contributed by atoms with E-state index in [9.17, 15) is 14.4 Å². The van der Waals surface area contributed by atoms with Crippen LogP contribution in [0.1, 0.15) is 63.4 Å². The second kappa shape index (κ2) is 13.7. The molecule has 7 nitrogen and oxygen atoms in total. The van der Waals surface area contributed by atoms with Gasteiger partial charge in [-0.1, -0.05) is 73.0 Å². The lowest BCUT2D eigenvalue weighted by molar-refractivity contribution is -0.126. The minimum atomic E-state index is -0.0691. The molecule has 0 spiro atoms. The summed E-state index contributed by atoms with van der Waals surface area (Å²) in [5, 5.41) is 8.03. The zero-order valence-electron chi connectivity index (χ0n) is 22.7. The molecule has 0 unspecified atom stereocenters. The Morgan fingerprint density at radius 2 is 1.68 bits per heavy atom. The number of hydrogen-bond acceptors (Lipinski definition) is 5. The third-order valence-electron chi connectivity index (χ3n) is 8.20. The van der Waals surface area contributed by atoms with Gasteiger partial charge in [0.25, 0.3) is 5.56 Å². The molecule has 2 saturated carbocycles. The molecule has 2 N–H and O–H groups in total. The minimum Gasteiger partial charge on any atom is -0.353 e. The van der Waals surface area contributed by atoms with Crippen molar-refractivity contribution in [2.24, 2.45) is 11.8 Å². The number of amides is 2. The summed E-state index contributed by atoms with van der Waals surface area (Å²) in [5.41, 5.74) is 1.49. The average molecular weight is 581 g/mol. The normalized spacial score (nSPS) is 19.8. The molecule has 2 aliphatic carbocycles. The monoisotopic (exact) mass is 580 g/mol. The van der Waals surface area contributed by atoms with Crippen LogP contribution >= 0.6 is 23.4 Å². The van der Waals surface area contributed by atoms with Crippen LogP contribution in [0.15, 0.2) is 58.5 Å². The number of para-hydroxylation sites is 1. The van der Waals surface area contributed by atoms with E-state index in [-0.39, 0.29) is 41.0 Å². The van der Waals surface area contributed by atoms with E-state index in [1.165, 1.54) is 18.2 Å². The molecule has 0 saturated heterocycles. The number of nitrogens with zero attached hydrogens (tertiary/aromatic N) is 2. The zero-order valence-corrected chi connectivity index (χ0v) is 24.3. The smallest absolute Gasteiger partial charge is 0.262 e. The highest BCUT2D eigenvalue weighted by atomic mass is 35.5. The predicted molar refractivity (Wildman–Crippen MR) is 160 cm³/mol. The van der Waals surface area contributed by atoms with Crippen molar-refractivity contribution in [3.05, 3.63) is 69.5 Å². The highest BCUT2D eigenvalue weighted by Crippen LogP contribution is 2.31. The number of carbonyl (C=O) groups excluding carboxylic acids is 2. The van der Waals surface area contributed by atoms with Crippen molar-refractivity contribution in [1.29, 1.82) is 0 Å². The first-order valence-corrected chi connectivity index (χ1v) is 15.8. The van der Waals surface area contributed by atoms with E-state index in [4.69, 9.17) is 16.6 Å². The van der Waals surface area contributed by atoms with Gasteiger partial charge in [-0.3, -0.25) is 19.0 Å². The Balaban J connectivity index is 1.21. The van der Waals surface area contributed by atoms with Crippen molar-refractivity contribution in [1.82, 2.24) is 20.2 Å². The molecule has 5 rings (SSSR count). The molecule has 40 heavy (non-hydrogen) atoms. The zero-order chi connectivity index (χ0) is 27.9. The Morgan fingerprint density at radius 3 is 2.45 bits per heavy atom. The van der Waals surface area contributed by atoms with Crippen LogP contribution < -0.4 is 16.2 Å². The fourth-order valence-corrected chi connectivity index (χ4v) is 6.92. The van der Waals surface area contributed by atoms with E-state index >= 15 is 0 Å². The Labute approximate surface area is 244 Å². The van der Waals surface area contributed by atoms with Crippen LogP contribution in [0.3, 0.4) is 0 Å². The predicted octanol–water partition coefficient (Wildman–Crippen LogP) is 5.71. The van der Waals surface area contributed by atoms with E-state index in [0.29, 0.717) is 34.2 Å². The topological polar surface area (TPSA) is 93.1 Å². The molecule has 1 aromatic heterocycles. The maximum absolute atomic E-state index is 13.5. The molecule has 0 atom stereocenters. The molecule has 0 aliphatic heterocycles. The van der Waals surface area contributed by atoms with Gasteiger partial charge in [-0.2, -0.15) is 0 Å². The summed E-state index contributed by atoms with van der Waals surface area (Å²) in [6, 6.07) is 15.2.